The van der Waals surface area contributed by atoms with E-state index in [1.54, 1.807) is 49.0 Å². The van der Waals surface area contributed by atoms with Crippen LogP contribution in [0.3, 0.4) is 0 Å². The zero-order chi connectivity index (χ0) is 34.3. The van der Waals surface area contributed by atoms with Gasteiger partial charge in [0.2, 0.25) is 0 Å². The Morgan fingerprint density at radius 1 is 1.10 bits per heavy atom. The third-order valence-corrected chi connectivity index (χ3v) is 15.8. The third-order valence-electron chi connectivity index (χ3n) is 14.2. The van der Waals surface area contributed by atoms with Crippen molar-refractivity contribution in [1.29, 1.82) is 0 Å². The Kier molecular flexibility index (Phi) is 8.87. The number of thioether (sulfide) groups is 1. The lowest BCUT2D eigenvalue weighted by Crippen LogP contribution is -2.57. The fourth-order valence-corrected chi connectivity index (χ4v) is 13.7. The van der Waals surface area contributed by atoms with Crippen molar-refractivity contribution in [3.05, 3.63) is 18.5 Å². The topological polar surface area (TPSA) is 123 Å². The van der Waals surface area contributed by atoms with Crippen LogP contribution in [0.2, 0.25) is 0 Å². The summed E-state index contributed by atoms with van der Waals surface area (Å²) in [4.78, 5) is 23.4. The molecule has 0 bridgehead atoms. The Hall–Kier alpha value is -1.66. The SMILES string of the molecule is CC[C@@H](O[C@H]1S[C@@]2(C)CC[C@@]34[C@H](C)C35CC[C@H](OC(=O)N3CCOCC3)C(C)(C)C5CC[C@H]4C2C1O)[C@H](Oc1ncccn1)C(C)(C)O. The van der Waals surface area contributed by atoms with Gasteiger partial charge in [-0.15, -0.1) is 11.8 Å². The highest BCUT2D eigenvalue weighted by Crippen LogP contribution is 2.89. The van der Waals surface area contributed by atoms with Crippen LogP contribution in [0.1, 0.15) is 93.4 Å². The van der Waals surface area contributed by atoms with Gasteiger partial charge in [0.25, 0.3) is 0 Å². The van der Waals surface area contributed by atoms with Crippen molar-refractivity contribution < 1.29 is 34.0 Å². The molecular formula is C37H57N3O7S. The molecule has 11 heteroatoms. The second kappa shape index (κ2) is 12.2. The van der Waals surface area contributed by atoms with Crippen molar-refractivity contribution in [1.82, 2.24) is 14.9 Å². The van der Waals surface area contributed by atoms with Crippen molar-refractivity contribution in [3.63, 3.8) is 0 Å². The summed E-state index contributed by atoms with van der Waals surface area (Å²) in [6.07, 6.45) is 8.12. The number of carbonyl (C=O) groups excluding carboxylic acids is 1. The minimum atomic E-state index is -1.22. The summed E-state index contributed by atoms with van der Waals surface area (Å²) in [5, 5.41) is 23.4. The number of ether oxygens (including phenoxy) is 4. The Balaban J connectivity index is 1.09. The Bertz CT molecular complexity index is 1340. The first-order valence-corrected chi connectivity index (χ1v) is 19.3. The summed E-state index contributed by atoms with van der Waals surface area (Å²) < 4.78 is 24.6. The number of hydrogen-bond acceptors (Lipinski definition) is 10. The maximum absolute atomic E-state index is 13.2. The molecule has 2 N–H and O–H groups in total. The van der Waals surface area contributed by atoms with Gasteiger partial charge in [0.15, 0.2) is 6.10 Å². The highest BCUT2D eigenvalue weighted by Gasteiger charge is 2.85. The van der Waals surface area contributed by atoms with Gasteiger partial charge in [0.1, 0.15) is 11.5 Å². The number of nitrogens with zero attached hydrogens (tertiary/aromatic N) is 3. The molecule has 12 atom stereocenters. The van der Waals surface area contributed by atoms with Gasteiger partial charge in [-0.2, -0.15) is 0 Å². The first-order valence-electron chi connectivity index (χ1n) is 18.4. The van der Waals surface area contributed by atoms with E-state index < -0.39 is 29.3 Å². The van der Waals surface area contributed by atoms with Crippen LogP contribution >= 0.6 is 11.8 Å². The van der Waals surface area contributed by atoms with E-state index in [0.29, 0.717) is 50.5 Å². The van der Waals surface area contributed by atoms with E-state index in [4.69, 9.17) is 18.9 Å². The average Bonchev–Trinajstić information content (AvgIpc) is 3.47. The molecule has 6 aliphatic rings. The molecule has 4 unspecified atom stereocenters. The van der Waals surface area contributed by atoms with Crippen molar-refractivity contribution in [2.75, 3.05) is 26.3 Å². The van der Waals surface area contributed by atoms with E-state index in [1.165, 1.54) is 6.42 Å². The van der Waals surface area contributed by atoms with Crippen LogP contribution in [-0.4, -0.2) is 97.7 Å². The summed E-state index contributed by atoms with van der Waals surface area (Å²) in [6, 6.07) is 1.93. The van der Waals surface area contributed by atoms with E-state index in [1.807, 2.05) is 6.92 Å². The molecule has 48 heavy (non-hydrogen) atoms. The van der Waals surface area contributed by atoms with Gasteiger partial charge in [-0.25, -0.2) is 14.8 Å². The summed E-state index contributed by atoms with van der Waals surface area (Å²) >= 11 is 1.79. The van der Waals surface area contributed by atoms with E-state index in [-0.39, 0.29) is 45.1 Å². The van der Waals surface area contributed by atoms with Gasteiger partial charge in [0.05, 0.1) is 31.0 Å². The maximum Gasteiger partial charge on any atom is 0.410 e. The zero-order valence-corrected chi connectivity index (χ0v) is 30.7. The summed E-state index contributed by atoms with van der Waals surface area (Å²) in [5.41, 5.74) is -1.35. The fourth-order valence-electron chi connectivity index (χ4n) is 12.0. The van der Waals surface area contributed by atoms with Gasteiger partial charge >= 0.3 is 12.1 Å². The van der Waals surface area contributed by atoms with Gasteiger partial charge in [-0.1, -0.05) is 27.7 Å². The second-order valence-corrected chi connectivity index (χ2v) is 18.6. The first-order chi connectivity index (χ1) is 22.7. The van der Waals surface area contributed by atoms with Crippen LogP contribution in [-0.2, 0) is 14.2 Å². The largest absolute Gasteiger partial charge is 0.454 e. The molecule has 1 aromatic heterocycles. The smallest absolute Gasteiger partial charge is 0.410 e. The lowest BCUT2D eigenvalue weighted by atomic mass is 9.48. The van der Waals surface area contributed by atoms with Crippen molar-refractivity contribution in [2.24, 2.45) is 39.9 Å². The molecule has 4 saturated carbocycles. The molecule has 3 heterocycles. The van der Waals surface area contributed by atoms with E-state index >= 15 is 0 Å². The van der Waals surface area contributed by atoms with Crippen molar-refractivity contribution in [2.45, 2.75) is 134 Å². The quantitative estimate of drug-likeness (QED) is 0.352. The molecule has 2 saturated heterocycles. The van der Waals surface area contributed by atoms with Gasteiger partial charge < -0.3 is 34.1 Å². The van der Waals surface area contributed by atoms with Crippen LogP contribution < -0.4 is 4.74 Å². The molecule has 4 aliphatic carbocycles. The van der Waals surface area contributed by atoms with Crippen molar-refractivity contribution >= 4 is 17.9 Å². The Labute approximate surface area is 290 Å². The summed E-state index contributed by atoms with van der Waals surface area (Å²) in [5.74, 6) is 1.59. The lowest BCUT2D eigenvalue weighted by molar-refractivity contribution is -0.154. The minimum absolute atomic E-state index is 0.0946. The standard InChI is InChI=1S/C37H57N3O7S/c1-8-24(29(34(5,6)43)47-31-38-16-9-17-39-31)45-30-28(41)27-23-10-11-25-33(3,4)26(46-32(42)40-18-20-44-21-19-40)12-13-37(25)22(2)36(23,37)15-14-35(27,7)48-30/h9,16-17,22-30,41,43H,8,10-15,18-21H2,1-7H3/t22-,23-,24+,25?,26-,27?,28?,29-,30-,35-,36-,37?/m0/s1. The minimum Gasteiger partial charge on any atom is -0.454 e. The molecule has 0 radical (unpaired) electrons. The third kappa shape index (κ3) is 5.22. The molecule has 2 spiro atoms. The van der Waals surface area contributed by atoms with Crippen LogP contribution in [0.5, 0.6) is 6.01 Å². The first kappa shape index (κ1) is 34.8. The molecular weight excluding hydrogens is 630 g/mol. The fraction of sp³-hybridized carbons (Fsp3) is 0.865. The van der Waals surface area contributed by atoms with E-state index in [2.05, 4.69) is 37.7 Å². The van der Waals surface area contributed by atoms with Crippen molar-refractivity contribution in [3.8, 4) is 6.01 Å². The number of aliphatic hydroxyl groups excluding tert-OH is 1. The molecule has 10 nitrogen and oxygen atoms in total. The number of hydrogen-bond donors (Lipinski definition) is 2. The van der Waals surface area contributed by atoms with Crippen LogP contribution in [0.4, 0.5) is 4.79 Å². The predicted molar refractivity (Wildman–Crippen MR) is 182 cm³/mol. The average molecular weight is 688 g/mol. The highest BCUT2D eigenvalue weighted by atomic mass is 32.2. The molecule has 7 rings (SSSR count). The van der Waals surface area contributed by atoms with Gasteiger partial charge in [-0.3, -0.25) is 0 Å². The molecule has 0 aromatic carbocycles. The summed E-state index contributed by atoms with van der Waals surface area (Å²) in [6.45, 7) is 17.3. The molecule has 268 valence electrons. The van der Waals surface area contributed by atoms with Crippen LogP contribution in [0.15, 0.2) is 18.5 Å². The molecule has 1 amide bonds. The number of aliphatic hydroxyl groups is 2. The number of fused-ring (bicyclic) bond motifs is 2. The predicted octanol–water partition coefficient (Wildman–Crippen LogP) is 5.70. The Morgan fingerprint density at radius 2 is 1.81 bits per heavy atom. The lowest BCUT2D eigenvalue weighted by Gasteiger charge is -2.58. The number of carbonyl (C=O) groups is 1. The monoisotopic (exact) mass is 687 g/mol. The molecule has 1 aromatic rings. The second-order valence-electron chi connectivity index (χ2n) is 17.0. The summed E-state index contributed by atoms with van der Waals surface area (Å²) in [7, 11) is 0. The van der Waals surface area contributed by atoms with Crippen LogP contribution in [0, 0.1) is 39.9 Å². The van der Waals surface area contributed by atoms with E-state index in [0.717, 1.165) is 32.1 Å². The maximum atomic E-state index is 13.2. The molecule has 2 aliphatic heterocycles. The Morgan fingerprint density at radius 3 is 2.48 bits per heavy atom. The zero-order valence-electron chi connectivity index (χ0n) is 29.9. The number of amides is 1. The normalized spacial score (nSPS) is 42.8. The van der Waals surface area contributed by atoms with Crippen LogP contribution in [0.25, 0.3) is 0 Å². The number of aromatic nitrogens is 2. The highest BCUT2D eigenvalue weighted by molar-refractivity contribution is 8.01. The van der Waals surface area contributed by atoms with Gasteiger partial charge in [0, 0.05) is 41.6 Å². The molecule has 6 fully saturated rings. The van der Waals surface area contributed by atoms with Gasteiger partial charge in [-0.05, 0) is 100 Å². The number of morpholine rings is 1. The van der Waals surface area contributed by atoms with E-state index in [9.17, 15) is 15.0 Å². The number of rotatable bonds is 8.